The van der Waals surface area contributed by atoms with E-state index in [2.05, 4.69) is 11.7 Å². The van der Waals surface area contributed by atoms with E-state index in [9.17, 15) is 4.79 Å². The van der Waals surface area contributed by atoms with E-state index in [0.717, 1.165) is 32.1 Å². The van der Waals surface area contributed by atoms with Gasteiger partial charge in [-0.1, -0.05) is 39.0 Å². The van der Waals surface area contributed by atoms with Crippen LogP contribution in [0.5, 0.6) is 0 Å². The average molecular weight is 249 g/mol. The van der Waals surface area contributed by atoms with Crippen molar-refractivity contribution in [3.8, 4) is 0 Å². The molecule has 0 saturated heterocycles. The highest BCUT2D eigenvalue weighted by Gasteiger charge is 2.04. The van der Waals surface area contributed by atoms with Crippen LogP contribution in [0, 0.1) is 0 Å². The first-order chi connectivity index (χ1) is 7.70. The Morgan fingerprint density at radius 3 is 2.31 bits per heavy atom. The summed E-state index contributed by atoms with van der Waals surface area (Å²) in [5.74, 6) is -0.106. The van der Waals surface area contributed by atoms with Crippen LogP contribution in [0.25, 0.3) is 0 Å². The van der Waals surface area contributed by atoms with Crippen LogP contribution < -0.4 is 0 Å². The minimum absolute atomic E-state index is 0.106. The molecule has 0 N–H and O–H groups in total. The van der Waals surface area contributed by atoms with Crippen LogP contribution in [0.3, 0.4) is 0 Å². The maximum Gasteiger partial charge on any atom is 0.305 e. The highest BCUT2D eigenvalue weighted by molar-refractivity contribution is 6.20. The van der Waals surface area contributed by atoms with Crippen molar-refractivity contribution in [2.45, 2.75) is 70.1 Å². The van der Waals surface area contributed by atoms with E-state index in [4.69, 9.17) is 11.6 Å². The van der Waals surface area contributed by atoms with Crippen molar-refractivity contribution in [2.75, 3.05) is 7.11 Å². The molecule has 0 aromatic carbocycles. The number of esters is 1. The summed E-state index contributed by atoms with van der Waals surface area (Å²) >= 11 is 6.19. The Hall–Kier alpha value is -0.240. The first-order valence-corrected chi connectivity index (χ1v) is 6.85. The number of carbonyl (C=O) groups is 1. The van der Waals surface area contributed by atoms with Gasteiger partial charge in [-0.05, 0) is 19.3 Å². The van der Waals surface area contributed by atoms with Crippen molar-refractivity contribution in [3.05, 3.63) is 0 Å². The van der Waals surface area contributed by atoms with Gasteiger partial charge in [0.05, 0.1) is 7.11 Å². The van der Waals surface area contributed by atoms with Gasteiger partial charge in [0, 0.05) is 11.8 Å². The van der Waals surface area contributed by atoms with Crippen molar-refractivity contribution < 1.29 is 9.53 Å². The van der Waals surface area contributed by atoms with Crippen LogP contribution in [0.4, 0.5) is 0 Å². The molecule has 0 radical (unpaired) electrons. The Bertz CT molecular complexity index is 171. The molecule has 0 bridgehead atoms. The summed E-state index contributed by atoms with van der Waals surface area (Å²) in [6.07, 6.45) is 9.65. The summed E-state index contributed by atoms with van der Waals surface area (Å²) in [6, 6.07) is 0. The van der Waals surface area contributed by atoms with E-state index in [1.807, 2.05) is 0 Å². The lowest BCUT2D eigenvalue weighted by Crippen LogP contribution is -2.01. The third kappa shape index (κ3) is 10.3. The Kier molecular flexibility index (Phi) is 11.1. The number of halogens is 1. The Morgan fingerprint density at radius 1 is 1.12 bits per heavy atom. The Morgan fingerprint density at radius 2 is 1.75 bits per heavy atom. The number of methoxy groups -OCH3 is 1. The standard InChI is InChI=1S/C13H25ClO2/c1-3-4-6-9-12(14)10-7-5-8-11-13(15)16-2/h12H,3-11H2,1-2H3. The molecule has 1 unspecified atom stereocenters. The molecule has 0 saturated carbocycles. The van der Waals surface area contributed by atoms with E-state index in [-0.39, 0.29) is 5.97 Å². The molecule has 0 aliphatic heterocycles. The van der Waals surface area contributed by atoms with Crippen molar-refractivity contribution in [1.82, 2.24) is 0 Å². The second kappa shape index (κ2) is 11.3. The number of alkyl halides is 1. The minimum atomic E-state index is -0.106. The van der Waals surface area contributed by atoms with E-state index in [0.29, 0.717) is 11.8 Å². The maximum atomic E-state index is 10.8. The lowest BCUT2D eigenvalue weighted by atomic mass is 10.1. The first kappa shape index (κ1) is 15.8. The highest BCUT2D eigenvalue weighted by Crippen LogP contribution is 2.16. The monoisotopic (exact) mass is 248 g/mol. The second-order valence-electron chi connectivity index (χ2n) is 4.27. The molecule has 0 amide bonds. The van der Waals surface area contributed by atoms with Crippen molar-refractivity contribution in [3.63, 3.8) is 0 Å². The smallest absolute Gasteiger partial charge is 0.305 e. The average Bonchev–Trinajstić information content (AvgIpc) is 2.28. The minimum Gasteiger partial charge on any atom is -0.469 e. The molecule has 0 fully saturated rings. The summed E-state index contributed by atoms with van der Waals surface area (Å²) in [7, 11) is 1.44. The number of rotatable bonds is 10. The van der Waals surface area contributed by atoms with Gasteiger partial charge in [0.1, 0.15) is 0 Å². The summed E-state index contributed by atoms with van der Waals surface area (Å²) in [5.41, 5.74) is 0. The van der Waals surface area contributed by atoms with Crippen LogP contribution in [0.15, 0.2) is 0 Å². The van der Waals surface area contributed by atoms with Crippen molar-refractivity contribution >= 4 is 17.6 Å². The molecule has 0 aromatic rings. The van der Waals surface area contributed by atoms with Gasteiger partial charge in [-0.15, -0.1) is 11.6 Å². The van der Waals surface area contributed by atoms with Crippen LogP contribution in [-0.2, 0) is 9.53 Å². The molecule has 2 nitrogen and oxygen atoms in total. The third-order valence-corrected chi connectivity index (χ3v) is 3.18. The predicted molar refractivity (Wildman–Crippen MR) is 68.9 cm³/mol. The lowest BCUT2D eigenvalue weighted by molar-refractivity contribution is -0.140. The summed E-state index contributed by atoms with van der Waals surface area (Å²) in [6.45, 7) is 2.20. The fraction of sp³-hybridized carbons (Fsp3) is 0.923. The van der Waals surface area contributed by atoms with Crippen LogP contribution in [0.2, 0.25) is 0 Å². The number of carbonyl (C=O) groups excluding carboxylic acids is 1. The number of unbranched alkanes of at least 4 members (excludes halogenated alkanes) is 4. The molecule has 16 heavy (non-hydrogen) atoms. The normalized spacial score (nSPS) is 12.4. The number of ether oxygens (including phenoxy) is 1. The molecule has 0 heterocycles. The maximum absolute atomic E-state index is 10.8. The summed E-state index contributed by atoms with van der Waals surface area (Å²) < 4.78 is 4.58. The van der Waals surface area contributed by atoms with Gasteiger partial charge in [-0.25, -0.2) is 0 Å². The van der Waals surface area contributed by atoms with Crippen molar-refractivity contribution in [2.24, 2.45) is 0 Å². The quantitative estimate of drug-likeness (QED) is 0.327. The first-order valence-electron chi connectivity index (χ1n) is 6.41. The molecule has 0 aliphatic rings. The second-order valence-corrected chi connectivity index (χ2v) is 4.89. The zero-order valence-electron chi connectivity index (χ0n) is 10.6. The van der Waals surface area contributed by atoms with Crippen LogP contribution in [-0.4, -0.2) is 18.5 Å². The van der Waals surface area contributed by atoms with Gasteiger partial charge in [-0.2, -0.15) is 0 Å². The molecule has 0 rings (SSSR count). The molecular formula is C13H25ClO2. The number of hydrogen-bond donors (Lipinski definition) is 0. The van der Waals surface area contributed by atoms with E-state index >= 15 is 0 Å². The van der Waals surface area contributed by atoms with E-state index < -0.39 is 0 Å². The Labute approximate surface area is 105 Å². The number of hydrogen-bond acceptors (Lipinski definition) is 2. The van der Waals surface area contributed by atoms with Crippen molar-refractivity contribution in [1.29, 1.82) is 0 Å². The topological polar surface area (TPSA) is 26.3 Å². The van der Waals surface area contributed by atoms with Gasteiger partial charge in [0.2, 0.25) is 0 Å². The summed E-state index contributed by atoms with van der Waals surface area (Å²) in [4.78, 5) is 10.8. The molecule has 0 aromatic heterocycles. The molecule has 96 valence electrons. The van der Waals surface area contributed by atoms with Crippen LogP contribution in [0.1, 0.15) is 64.7 Å². The predicted octanol–water partition coefficient (Wildman–Crippen LogP) is 4.30. The zero-order valence-corrected chi connectivity index (χ0v) is 11.4. The Balaban J connectivity index is 3.21. The highest BCUT2D eigenvalue weighted by atomic mass is 35.5. The molecule has 0 aliphatic carbocycles. The van der Waals surface area contributed by atoms with Gasteiger partial charge in [-0.3, -0.25) is 4.79 Å². The third-order valence-electron chi connectivity index (χ3n) is 2.75. The molecular weight excluding hydrogens is 224 g/mol. The lowest BCUT2D eigenvalue weighted by Gasteiger charge is -2.08. The van der Waals surface area contributed by atoms with Crippen LogP contribution >= 0.6 is 11.6 Å². The van der Waals surface area contributed by atoms with E-state index in [1.165, 1.54) is 26.4 Å². The zero-order chi connectivity index (χ0) is 12.2. The molecule has 1 atom stereocenters. The summed E-state index contributed by atoms with van der Waals surface area (Å²) in [5, 5.41) is 0.324. The molecule has 3 heteroatoms. The fourth-order valence-corrected chi connectivity index (χ4v) is 1.98. The van der Waals surface area contributed by atoms with Gasteiger partial charge in [0.15, 0.2) is 0 Å². The fourth-order valence-electron chi connectivity index (χ4n) is 1.67. The van der Waals surface area contributed by atoms with Gasteiger partial charge in [0.25, 0.3) is 0 Å². The largest absolute Gasteiger partial charge is 0.469 e. The molecule has 0 spiro atoms. The SMILES string of the molecule is CCCCCC(Cl)CCCCCC(=O)OC. The van der Waals surface area contributed by atoms with Gasteiger partial charge >= 0.3 is 5.97 Å². The van der Waals surface area contributed by atoms with E-state index in [1.54, 1.807) is 0 Å². The van der Waals surface area contributed by atoms with Gasteiger partial charge < -0.3 is 4.74 Å².